The molecule has 0 aliphatic heterocycles. The molecule has 3 aromatic rings. The van der Waals surface area contributed by atoms with Crippen LogP contribution < -0.4 is 10.1 Å². The van der Waals surface area contributed by atoms with Crippen molar-refractivity contribution >= 4 is 39.2 Å². The molecule has 0 amide bonds. The third-order valence-electron chi connectivity index (χ3n) is 4.37. The monoisotopic (exact) mass is 503 g/mol. The molecule has 0 aliphatic carbocycles. The molecular formula is C24H20BrF2NO2S. The van der Waals surface area contributed by atoms with Gasteiger partial charge in [-0.1, -0.05) is 30.3 Å². The number of ketones is 1. The lowest BCUT2D eigenvalue weighted by atomic mass is 10.1. The van der Waals surface area contributed by atoms with Crippen molar-refractivity contribution in [2.45, 2.75) is 17.6 Å². The first-order chi connectivity index (χ1) is 14.9. The van der Waals surface area contributed by atoms with Crippen LogP contribution in [0.5, 0.6) is 5.75 Å². The quantitative estimate of drug-likeness (QED) is 0.200. The number of hydrogen-bond acceptors (Lipinski definition) is 4. The van der Waals surface area contributed by atoms with Gasteiger partial charge >= 0.3 is 0 Å². The molecule has 0 saturated heterocycles. The average Bonchev–Trinajstić information content (AvgIpc) is 2.76. The van der Waals surface area contributed by atoms with Crippen molar-refractivity contribution in [1.29, 1.82) is 0 Å². The minimum atomic E-state index is -0.592. The number of rotatable bonds is 8. The lowest BCUT2D eigenvalue weighted by molar-refractivity contribution is 0.104. The molecule has 0 fully saturated rings. The molecule has 0 spiro atoms. The molecule has 0 aromatic heterocycles. The number of hydrogen-bond donors (Lipinski definition) is 1. The van der Waals surface area contributed by atoms with Crippen molar-refractivity contribution in [1.82, 2.24) is 0 Å². The summed E-state index contributed by atoms with van der Waals surface area (Å²) in [6.45, 7) is 1.64. The van der Waals surface area contributed by atoms with Crippen molar-refractivity contribution in [2.75, 3.05) is 12.4 Å². The van der Waals surface area contributed by atoms with Crippen molar-refractivity contribution < 1.29 is 18.3 Å². The number of carbonyl (C=O) groups is 1. The second-order valence-electron chi connectivity index (χ2n) is 6.70. The van der Waals surface area contributed by atoms with Crippen molar-refractivity contribution in [3.05, 3.63) is 99.7 Å². The van der Waals surface area contributed by atoms with Gasteiger partial charge in [-0.3, -0.25) is 4.79 Å². The van der Waals surface area contributed by atoms with Crippen molar-refractivity contribution in [3.8, 4) is 5.75 Å². The number of ether oxygens (including phenoxy) is 1. The fourth-order valence-corrected chi connectivity index (χ4v) is 4.06. The van der Waals surface area contributed by atoms with Gasteiger partial charge in [0.05, 0.1) is 22.8 Å². The second-order valence-corrected chi connectivity index (χ2v) is 8.60. The van der Waals surface area contributed by atoms with E-state index in [2.05, 4.69) is 21.2 Å². The van der Waals surface area contributed by atoms with Gasteiger partial charge in [0.2, 0.25) is 0 Å². The lowest BCUT2D eigenvalue weighted by Gasteiger charge is -2.12. The Kier molecular flexibility index (Phi) is 7.87. The van der Waals surface area contributed by atoms with E-state index < -0.39 is 17.4 Å². The summed E-state index contributed by atoms with van der Waals surface area (Å²) in [5, 5.41) is 2.94. The highest BCUT2D eigenvalue weighted by Crippen LogP contribution is 2.31. The van der Waals surface area contributed by atoms with Crippen molar-refractivity contribution in [2.24, 2.45) is 0 Å². The minimum Gasteiger partial charge on any atom is -0.495 e. The fourth-order valence-electron chi connectivity index (χ4n) is 2.84. The van der Waals surface area contributed by atoms with Crippen LogP contribution in [0, 0.1) is 11.6 Å². The molecule has 0 atom stereocenters. The number of anilines is 1. The summed E-state index contributed by atoms with van der Waals surface area (Å²) in [6.07, 6.45) is 1.28. The van der Waals surface area contributed by atoms with Crippen LogP contribution in [0.15, 0.2) is 81.8 Å². The maximum Gasteiger partial charge on any atom is 0.190 e. The Hall–Kier alpha value is -2.64. The third kappa shape index (κ3) is 6.18. The highest BCUT2D eigenvalue weighted by atomic mass is 79.9. The van der Waals surface area contributed by atoms with Gasteiger partial charge < -0.3 is 10.1 Å². The minimum absolute atomic E-state index is 0.0202. The summed E-state index contributed by atoms with van der Waals surface area (Å²) < 4.78 is 33.7. The normalized spacial score (nSPS) is 11.3. The highest BCUT2D eigenvalue weighted by molar-refractivity contribution is 9.10. The van der Waals surface area contributed by atoms with Gasteiger partial charge in [0.1, 0.15) is 17.4 Å². The maximum atomic E-state index is 14.3. The van der Waals surface area contributed by atoms with E-state index in [9.17, 15) is 13.6 Å². The van der Waals surface area contributed by atoms with Gasteiger partial charge in [0.25, 0.3) is 0 Å². The van der Waals surface area contributed by atoms with Crippen LogP contribution in [0.2, 0.25) is 0 Å². The van der Waals surface area contributed by atoms with Gasteiger partial charge in [0.15, 0.2) is 5.78 Å². The van der Waals surface area contributed by atoms with Crippen LogP contribution in [0.1, 0.15) is 22.8 Å². The topological polar surface area (TPSA) is 38.3 Å². The summed E-state index contributed by atoms with van der Waals surface area (Å²) in [4.78, 5) is 13.5. The van der Waals surface area contributed by atoms with E-state index in [0.29, 0.717) is 22.9 Å². The first kappa shape index (κ1) is 23.0. The Bertz CT molecular complexity index is 1120. The summed E-state index contributed by atoms with van der Waals surface area (Å²) >= 11 is 4.63. The molecule has 1 N–H and O–H groups in total. The Morgan fingerprint density at radius 3 is 2.55 bits per heavy atom. The number of carbonyl (C=O) groups excluding carboxylic acids is 1. The van der Waals surface area contributed by atoms with Crippen LogP contribution in [0.25, 0.3) is 0 Å². The van der Waals surface area contributed by atoms with Crippen LogP contribution in [0.3, 0.4) is 0 Å². The molecule has 0 aliphatic rings. The Morgan fingerprint density at radius 2 is 1.84 bits per heavy atom. The maximum absolute atomic E-state index is 14.3. The highest BCUT2D eigenvalue weighted by Gasteiger charge is 2.13. The Balaban J connectivity index is 1.76. The van der Waals surface area contributed by atoms with E-state index >= 15 is 0 Å². The van der Waals surface area contributed by atoms with E-state index in [1.54, 1.807) is 19.1 Å². The summed E-state index contributed by atoms with van der Waals surface area (Å²) in [5.41, 5.74) is 1.90. The third-order valence-corrected chi connectivity index (χ3v) is 6.05. The Morgan fingerprint density at radius 1 is 1.10 bits per heavy atom. The predicted octanol–water partition coefficient (Wildman–Crippen LogP) is 7.23. The molecular weight excluding hydrogens is 484 g/mol. The number of nitrogens with one attached hydrogen (secondary N) is 1. The van der Waals surface area contributed by atoms with Crippen LogP contribution >= 0.6 is 27.7 Å². The number of allylic oxidation sites excluding steroid dienone is 2. The number of methoxy groups -OCH3 is 1. The lowest BCUT2D eigenvalue weighted by Crippen LogP contribution is -2.05. The SMILES string of the molecule is COc1cc(Br)c(F)cc1NC(C)=CC(=O)c1cc(SCc2ccccc2)ccc1F. The molecule has 7 heteroatoms. The van der Waals surface area contributed by atoms with Crippen LogP contribution in [-0.2, 0) is 5.75 Å². The smallest absolute Gasteiger partial charge is 0.190 e. The first-order valence-corrected chi connectivity index (χ1v) is 11.1. The molecule has 160 valence electrons. The molecule has 0 unspecified atom stereocenters. The zero-order chi connectivity index (χ0) is 22.4. The average molecular weight is 504 g/mol. The molecule has 3 nitrogen and oxygen atoms in total. The zero-order valence-corrected chi connectivity index (χ0v) is 19.3. The van der Waals surface area contributed by atoms with Crippen LogP contribution in [0.4, 0.5) is 14.5 Å². The molecule has 0 bridgehead atoms. The van der Waals surface area contributed by atoms with Gasteiger partial charge in [-0.25, -0.2) is 8.78 Å². The summed E-state index contributed by atoms with van der Waals surface area (Å²) in [7, 11) is 1.46. The number of halogens is 3. The standard InChI is InChI=1S/C24H20BrF2NO2S/c1-15(28-22-13-21(27)19(25)12-24(22)30-2)10-23(29)18-11-17(8-9-20(18)26)31-14-16-6-4-3-5-7-16/h3-13,28H,14H2,1-2H3. The summed E-state index contributed by atoms with van der Waals surface area (Å²) in [6, 6.07) is 17.1. The number of thioether (sulfide) groups is 1. The van der Waals surface area contributed by atoms with E-state index in [0.717, 1.165) is 10.5 Å². The second kappa shape index (κ2) is 10.6. The van der Waals surface area contributed by atoms with Crippen molar-refractivity contribution in [3.63, 3.8) is 0 Å². The Labute approximate surface area is 192 Å². The van der Waals surface area contributed by atoms with Gasteiger partial charge in [-0.15, -0.1) is 11.8 Å². The fraction of sp³-hybridized carbons (Fsp3) is 0.125. The van der Waals surface area contributed by atoms with E-state index in [1.807, 2.05) is 30.3 Å². The van der Waals surface area contributed by atoms with Gasteiger partial charge in [0, 0.05) is 28.5 Å². The molecule has 0 radical (unpaired) electrons. The number of benzene rings is 3. The predicted molar refractivity (Wildman–Crippen MR) is 125 cm³/mol. The molecule has 31 heavy (non-hydrogen) atoms. The molecule has 0 heterocycles. The largest absolute Gasteiger partial charge is 0.495 e. The molecule has 0 saturated carbocycles. The first-order valence-electron chi connectivity index (χ1n) is 9.36. The molecule has 3 aromatic carbocycles. The zero-order valence-electron chi connectivity index (χ0n) is 16.9. The van der Waals surface area contributed by atoms with E-state index in [-0.39, 0.29) is 10.0 Å². The van der Waals surface area contributed by atoms with Crippen LogP contribution in [-0.4, -0.2) is 12.9 Å². The van der Waals surface area contributed by atoms with Gasteiger partial charge in [-0.05, 0) is 52.7 Å². The van der Waals surface area contributed by atoms with E-state index in [1.165, 1.54) is 43.1 Å². The molecule has 3 rings (SSSR count). The summed E-state index contributed by atoms with van der Waals surface area (Å²) in [5.74, 6) is -0.437. The van der Waals surface area contributed by atoms with E-state index in [4.69, 9.17) is 4.74 Å². The van der Waals surface area contributed by atoms with Gasteiger partial charge in [-0.2, -0.15) is 0 Å².